The third-order valence-corrected chi connectivity index (χ3v) is 8.00. The van der Waals surface area contributed by atoms with Crippen molar-refractivity contribution in [1.82, 2.24) is 19.2 Å². The van der Waals surface area contributed by atoms with Crippen molar-refractivity contribution in [2.75, 3.05) is 30.4 Å². The van der Waals surface area contributed by atoms with Crippen LogP contribution in [0.5, 0.6) is 5.75 Å². The van der Waals surface area contributed by atoms with E-state index < -0.39 is 0 Å². The van der Waals surface area contributed by atoms with E-state index in [9.17, 15) is 9.59 Å². The Bertz CT molecular complexity index is 1450. The molecule has 2 aliphatic heterocycles. The SMILES string of the molecule is Cc1ccc2c(c1)N(C(=O)CSc1nnc3n(CC4CCCO4)c(=O)c4sccc4n13)CCO2. The van der Waals surface area contributed by atoms with Gasteiger partial charge < -0.3 is 14.4 Å². The molecule has 0 bridgehead atoms. The number of aryl methyl sites for hydroxylation is 1. The predicted molar refractivity (Wildman–Crippen MR) is 131 cm³/mol. The van der Waals surface area contributed by atoms with E-state index in [1.807, 2.05) is 41.0 Å². The van der Waals surface area contributed by atoms with Gasteiger partial charge in [-0.2, -0.15) is 0 Å². The molecule has 5 heterocycles. The van der Waals surface area contributed by atoms with Crippen molar-refractivity contribution in [3.63, 3.8) is 0 Å². The van der Waals surface area contributed by atoms with Gasteiger partial charge >= 0.3 is 0 Å². The van der Waals surface area contributed by atoms with Gasteiger partial charge in [0.1, 0.15) is 17.1 Å². The van der Waals surface area contributed by atoms with Gasteiger partial charge in [0.25, 0.3) is 5.56 Å². The Kier molecular flexibility index (Phi) is 5.54. The quantitative estimate of drug-likeness (QED) is 0.391. The number of fused-ring (bicyclic) bond motifs is 4. The van der Waals surface area contributed by atoms with Crippen molar-refractivity contribution in [3.05, 3.63) is 45.6 Å². The van der Waals surface area contributed by atoms with Gasteiger partial charge in [0, 0.05) is 6.61 Å². The number of aromatic nitrogens is 4. The second kappa shape index (κ2) is 8.71. The molecule has 6 rings (SSSR count). The number of carbonyl (C=O) groups excluding carboxylic acids is 1. The van der Waals surface area contributed by atoms with Crippen molar-refractivity contribution in [1.29, 1.82) is 0 Å². The predicted octanol–water partition coefficient (Wildman–Crippen LogP) is 3.11. The molecule has 0 aliphatic carbocycles. The number of thiophene rings is 1. The molecule has 1 unspecified atom stereocenters. The lowest BCUT2D eigenvalue weighted by atomic mass is 10.1. The zero-order chi connectivity index (χ0) is 23.2. The van der Waals surface area contributed by atoms with Crippen LogP contribution in [0.3, 0.4) is 0 Å². The van der Waals surface area contributed by atoms with Crippen LogP contribution in [0, 0.1) is 6.92 Å². The molecule has 1 saturated heterocycles. The Morgan fingerprint density at radius 2 is 2.18 bits per heavy atom. The lowest BCUT2D eigenvalue weighted by Crippen LogP contribution is -2.39. The Hall–Kier alpha value is -2.89. The van der Waals surface area contributed by atoms with Crippen molar-refractivity contribution >= 4 is 50.7 Å². The molecule has 3 aromatic heterocycles. The fourth-order valence-corrected chi connectivity index (χ4v) is 6.18. The van der Waals surface area contributed by atoms with Gasteiger partial charge in [-0.25, -0.2) is 0 Å². The minimum atomic E-state index is -0.0756. The van der Waals surface area contributed by atoms with E-state index in [0.717, 1.165) is 42.0 Å². The van der Waals surface area contributed by atoms with Crippen LogP contribution < -0.4 is 15.2 Å². The zero-order valence-electron chi connectivity index (χ0n) is 18.6. The summed E-state index contributed by atoms with van der Waals surface area (Å²) in [5.74, 6) is 1.38. The number of carbonyl (C=O) groups is 1. The van der Waals surface area contributed by atoms with Crippen molar-refractivity contribution < 1.29 is 14.3 Å². The van der Waals surface area contributed by atoms with Gasteiger partial charge in [-0.05, 0) is 48.9 Å². The first-order chi connectivity index (χ1) is 16.6. The van der Waals surface area contributed by atoms with Gasteiger partial charge in [0.15, 0.2) is 5.16 Å². The normalized spacial score (nSPS) is 17.9. The highest BCUT2D eigenvalue weighted by Gasteiger charge is 2.26. The van der Waals surface area contributed by atoms with Crippen molar-refractivity contribution in [2.45, 2.75) is 37.6 Å². The number of amides is 1. The summed E-state index contributed by atoms with van der Waals surface area (Å²) in [4.78, 5) is 28.1. The van der Waals surface area contributed by atoms with E-state index in [2.05, 4.69) is 10.2 Å². The third-order valence-electron chi connectivity index (χ3n) is 6.20. The molecule has 9 nitrogen and oxygen atoms in total. The number of nitrogens with zero attached hydrogens (tertiary/aromatic N) is 5. The van der Waals surface area contributed by atoms with Crippen LogP contribution in [0.2, 0.25) is 0 Å². The highest BCUT2D eigenvalue weighted by molar-refractivity contribution is 7.99. The minimum Gasteiger partial charge on any atom is -0.490 e. The summed E-state index contributed by atoms with van der Waals surface area (Å²) >= 11 is 2.73. The second-order valence-electron chi connectivity index (χ2n) is 8.46. The summed E-state index contributed by atoms with van der Waals surface area (Å²) in [7, 11) is 0. The number of benzene rings is 1. The van der Waals surface area contributed by atoms with E-state index in [4.69, 9.17) is 9.47 Å². The molecule has 11 heteroatoms. The first-order valence-electron chi connectivity index (χ1n) is 11.2. The van der Waals surface area contributed by atoms with E-state index in [1.54, 1.807) is 9.47 Å². The molecule has 0 saturated carbocycles. The number of thioether (sulfide) groups is 1. The second-order valence-corrected chi connectivity index (χ2v) is 10.3. The fraction of sp³-hybridized carbons (Fsp3) is 0.391. The number of rotatable bonds is 5. The molecule has 0 radical (unpaired) electrons. The highest BCUT2D eigenvalue weighted by atomic mass is 32.2. The lowest BCUT2D eigenvalue weighted by molar-refractivity contribution is -0.116. The molecule has 1 atom stereocenters. The van der Waals surface area contributed by atoms with Gasteiger partial charge in [0.2, 0.25) is 11.7 Å². The van der Waals surface area contributed by atoms with Crippen LogP contribution in [0.15, 0.2) is 39.6 Å². The maximum Gasteiger partial charge on any atom is 0.272 e. The smallest absolute Gasteiger partial charge is 0.272 e. The maximum atomic E-state index is 13.2. The number of hydrogen-bond acceptors (Lipinski definition) is 8. The summed E-state index contributed by atoms with van der Waals surface area (Å²) in [5, 5.41) is 11.2. The van der Waals surface area contributed by atoms with Gasteiger partial charge in [-0.15, -0.1) is 21.5 Å². The lowest BCUT2D eigenvalue weighted by Gasteiger charge is -2.29. The van der Waals surface area contributed by atoms with E-state index in [1.165, 1.54) is 23.1 Å². The van der Waals surface area contributed by atoms with Crippen molar-refractivity contribution in [3.8, 4) is 5.75 Å². The summed E-state index contributed by atoms with van der Waals surface area (Å²) in [6.07, 6.45) is 1.92. The van der Waals surface area contributed by atoms with Crippen molar-refractivity contribution in [2.24, 2.45) is 0 Å². The first-order valence-corrected chi connectivity index (χ1v) is 13.1. The number of hydrogen-bond donors (Lipinski definition) is 0. The maximum absolute atomic E-state index is 13.2. The third kappa shape index (κ3) is 3.68. The average molecular weight is 498 g/mol. The average Bonchev–Trinajstić information content (AvgIpc) is 3.60. The molecule has 34 heavy (non-hydrogen) atoms. The summed E-state index contributed by atoms with van der Waals surface area (Å²) in [5.41, 5.74) is 2.56. The molecule has 4 aromatic rings. The molecule has 0 spiro atoms. The Morgan fingerprint density at radius 1 is 1.26 bits per heavy atom. The monoisotopic (exact) mass is 497 g/mol. The topological polar surface area (TPSA) is 91.0 Å². The van der Waals surface area contributed by atoms with Crippen LogP contribution in [-0.4, -0.2) is 56.7 Å². The molecule has 1 amide bonds. The van der Waals surface area contributed by atoms with E-state index in [0.29, 0.717) is 35.3 Å². The molecule has 1 aromatic carbocycles. The fourth-order valence-electron chi connectivity index (χ4n) is 4.54. The van der Waals surface area contributed by atoms with Gasteiger partial charge in [-0.1, -0.05) is 17.8 Å². The Morgan fingerprint density at radius 3 is 3.03 bits per heavy atom. The number of anilines is 1. The zero-order valence-corrected chi connectivity index (χ0v) is 20.2. The highest BCUT2D eigenvalue weighted by Crippen LogP contribution is 2.33. The molecule has 0 N–H and O–H groups in total. The minimum absolute atomic E-state index is 0.00172. The Balaban J connectivity index is 1.31. The van der Waals surface area contributed by atoms with Gasteiger partial charge in [0.05, 0.1) is 36.2 Å². The van der Waals surface area contributed by atoms with Crippen LogP contribution in [0.25, 0.3) is 16.0 Å². The van der Waals surface area contributed by atoms with Crippen LogP contribution in [0.4, 0.5) is 5.69 Å². The summed E-state index contributed by atoms with van der Waals surface area (Å²) in [6, 6.07) is 7.76. The molecule has 2 aliphatic rings. The molecular formula is C23H23N5O4S2. The summed E-state index contributed by atoms with van der Waals surface area (Å²) in [6.45, 7) is 4.13. The Labute approximate surface area is 203 Å². The standard InChI is InChI=1S/C23H23N5O4S2/c1-14-4-5-18-17(11-14)26(7-9-32-18)19(29)13-34-23-25-24-22-27(12-15-3-2-8-31-15)21(30)20-16(28(22)23)6-10-33-20/h4-6,10-11,15H,2-3,7-9,12-13H2,1H3. The van der Waals surface area contributed by atoms with E-state index >= 15 is 0 Å². The molecule has 176 valence electrons. The largest absolute Gasteiger partial charge is 0.490 e. The molecular weight excluding hydrogens is 474 g/mol. The first kappa shape index (κ1) is 21.6. The van der Waals surface area contributed by atoms with Crippen LogP contribution in [0.1, 0.15) is 18.4 Å². The number of ether oxygens (including phenoxy) is 2. The summed E-state index contributed by atoms with van der Waals surface area (Å²) < 4.78 is 15.7. The van der Waals surface area contributed by atoms with Crippen LogP contribution >= 0.6 is 23.1 Å². The molecule has 1 fully saturated rings. The van der Waals surface area contributed by atoms with Crippen LogP contribution in [-0.2, 0) is 16.1 Å². The van der Waals surface area contributed by atoms with E-state index in [-0.39, 0.29) is 23.3 Å². The van der Waals surface area contributed by atoms with Gasteiger partial charge in [-0.3, -0.25) is 18.6 Å².